The summed E-state index contributed by atoms with van der Waals surface area (Å²) in [7, 11) is 0. The zero-order valence-electron chi connectivity index (χ0n) is 34.9. The zero-order chi connectivity index (χ0) is 42.1. The summed E-state index contributed by atoms with van der Waals surface area (Å²) in [5.74, 6) is 0. The summed E-state index contributed by atoms with van der Waals surface area (Å²) in [6.45, 7) is 0. The molecule has 13 rings (SSSR count). The van der Waals surface area contributed by atoms with Crippen molar-refractivity contribution in [2.75, 3.05) is 4.90 Å². The Balaban J connectivity index is 0.903. The van der Waals surface area contributed by atoms with Gasteiger partial charge in [0.1, 0.15) is 0 Å². The van der Waals surface area contributed by atoms with Crippen LogP contribution in [0.3, 0.4) is 0 Å². The van der Waals surface area contributed by atoms with Crippen LogP contribution in [0.15, 0.2) is 243 Å². The Bertz CT molecular complexity index is 3860. The lowest BCUT2D eigenvalue weighted by atomic mass is 10.0. The molecule has 0 spiro atoms. The number of rotatable bonds is 7. The summed E-state index contributed by atoms with van der Waals surface area (Å²) in [5, 5.41) is 7.46. The molecule has 0 aliphatic carbocycles. The number of benzene rings is 10. The van der Waals surface area contributed by atoms with Crippen LogP contribution in [0, 0.1) is 0 Å². The molecule has 300 valence electrons. The smallest absolute Gasteiger partial charge is 0.0548 e. The maximum atomic E-state index is 2.43. The molecule has 10 aromatic carbocycles. The van der Waals surface area contributed by atoms with Gasteiger partial charge in [-0.05, 0) is 126 Å². The Hall–Kier alpha value is -8.60. The monoisotopic (exact) mass is 816 g/mol. The molecule has 4 nitrogen and oxygen atoms in total. The molecule has 3 aromatic heterocycles. The molecule has 0 fully saturated rings. The highest BCUT2D eigenvalue weighted by Crippen LogP contribution is 2.42. The number of hydrogen-bond acceptors (Lipinski definition) is 1. The molecule has 0 aliphatic heterocycles. The Kier molecular flexibility index (Phi) is 8.18. The van der Waals surface area contributed by atoms with Gasteiger partial charge in [-0.25, -0.2) is 0 Å². The molecule has 0 atom stereocenters. The molecular weight excluding hydrogens is 777 g/mol. The predicted octanol–water partition coefficient (Wildman–Crippen LogP) is 16.1. The Morgan fingerprint density at radius 2 is 0.562 bits per heavy atom. The van der Waals surface area contributed by atoms with Crippen LogP contribution in [0.5, 0.6) is 0 Å². The lowest BCUT2D eigenvalue weighted by Gasteiger charge is -2.26. The summed E-state index contributed by atoms with van der Waals surface area (Å²) in [4.78, 5) is 2.35. The molecule has 0 unspecified atom stereocenters. The number of anilines is 3. The summed E-state index contributed by atoms with van der Waals surface area (Å²) in [6, 6.07) is 88.0. The molecule has 13 aromatic rings. The van der Waals surface area contributed by atoms with Gasteiger partial charge in [-0.1, -0.05) is 127 Å². The lowest BCUT2D eigenvalue weighted by Crippen LogP contribution is -2.10. The number of para-hydroxylation sites is 6. The number of nitrogens with zero attached hydrogens (tertiary/aromatic N) is 4. The fourth-order valence-corrected chi connectivity index (χ4v) is 10.1. The zero-order valence-corrected chi connectivity index (χ0v) is 34.9. The molecule has 4 heteroatoms. The van der Waals surface area contributed by atoms with Gasteiger partial charge >= 0.3 is 0 Å². The summed E-state index contributed by atoms with van der Waals surface area (Å²) >= 11 is 0. The Morgan fingerprint density at radius 1 is 0.219 bits per heavy atom. The molecule has 0 aliphatic rings. The topological polar surface area (TPSA) is 18.0 Å². The van der Waals surface area contributed by atoms with Crippen molar-refractivity contribution in [2.24, 2.45) is 0 Å². The first-order valence-corrected chi connectivity index (χ1v) is 21.9. The minimum Gasteiger partial charge on any atom is -0.311 e. The second-order valence-electron chi connectivity index (χ2n) is 16.6. The molecule has 0 saturated carbocycles. The maximum Gasteiger partial charge on any atom is 0.0548 e. The van der Waals surface area contributed by atoms with E-state index in [1.165, 1.54) is 82.2 Å². The van der Waals surface area contributed by atoms with E-state index in [0.29, 0.717) is 0 Å². The minimum absolute atomic E-state index is 1.09. The van der Waals surface area contributed by atoms with Crippen LogP contribution in [0.1, 0.15) is 0 Å². The van der Waals surface area contributed by atoms with Gasteiger partial charge in [0, 0.05) is 66.4 Å². The highest BCUT2D eigenvalue weighted by molar-refractivity contribution is 6.19. The van der Waals surface area contributed by atoms with Crippen molar-refractivity contribution >= 4 is 82.5 Å². The van der Waals surface area contributed by atoms with Crippen molar-refractivity contribution < 1.29 is 0 Å². The Morgan fingerprint density at radius 3 is 1.06 bits per heavy atom. The Labute approximate surface area is 370 Å². The van der Waals surface area contributed by atoms with Crippen molar-refractivity contribution in [1.82, 2.24) is 13.7 Å². The third-order valence-corrected chi connectivity index (χ3v) is 13.0. The summed E-state index contributed by atoms with van der Waals surface area (Å²) < 4.78 is 7.20. The first kappa shape index (κ1) is 36.1. The van der Waals surface area contributed by atoms with Crippen LogP contribution in [0.4, 0.5) is 17.1 Å². The summed E-state index contributed by atoms with van der Waals surface area (Å²) in [6.07, 6.45) is 0. The van der Waals surface area contributed by atoms with Crippen molar-refractivity contribution in [3.05, 3.63) is 243 Å². The highest BCUT2D eigenvalue weighted by Gasteiger charge is 2.20. The predicted molar refractivity (Wildman–Crippen MR) is 270 cm³/mol. The van der Waals surface area contributed by atoms with E-state index < -0.39 is 0 Å². The molecule has 0 radical (unpaired) electrons. The van der Waals surface area contributed by atoms with Crippen LogP contribution < -0.4 is 4.90 Å². The van der Waals surface area contributed by atoms with Gasteiger partial charge in [-0.3, -0.25) is 0 Å². The second kappa shape index (κ2) is 14.5. The van der Waals surface area contributed by atoms with E-state index in [2.05, 4.69) is 261 Å². The van der Waals surface area contributed by atoms with Crippen molar-refractivity contribution in [1.29, 1.82) is 0 Å². The van der Waals surface area contributed by atoms with Crippen LogP contribution >= 0.6 is 0 Å². The molecule has 0 bridgehead atoms. The van der Waals surface area contributed by atoms with Crippen LogP contribution in [-0.4, -0.2) is 13.7 Å². The summed E-state index contributed by atoms with van der Waals surface area (Å²) in [5.41, 5.74) is 16.3. The van der Waals surface area contributed by atoms with Crippen LogP contribution in [-0.2, 0) is 0 Å². The molecule has 0 N–H and O–H groups in total. The molecule has 64 heavy (non-hydrogen) atoms. The molecular formula is C60H40N4. The number of fused-ring (bicyclic) bond motifs is 9. The first-order valence-electron chi connectivity index (χ1n) is 21.9. The lowest BCUT2D eigenvalue weighted by molar-refractivity contribution is 1.17. The van der Waals surface area contributed by atoms with E-state index >= 15 is 0 Å². The van der Waals surface area contributed by atoms with Crippen molar-refractivity contribution in [3.8, 4) is 28.2 Å². The van der Waals surface area contributed by atoms with E-state index in [-0.39, 0.29) is 0 Å². The minimum atomic E-state index is 1.09. The van der Waals surface area contributed by atoms with E-state index in [4.69, 9.17) is 0 Å². The van der Waals surface area contributed by atoms with Gasteiger partial charge in [0.05, 0.1) is 33.1 Å². The third kappa shape index (κ3) is 5.63. The van der Waals surface area contributed by atoms with Gasteiger partial charge < -0.3 is 18.6 Å². The van der Waals surface area contributed by atoms with Crippen molar-refractivity contribution in [3.63, 3.8) is 0 Å². The molecule has 0 amide bonds. The second-order valence-corrected chi connectivity index (χ2v) is 16.6. The van der Waals surface area contributed by atoms with Gasteiger partial charge in [-0.15, -0.1) is 0 Å². The fraction of sp³-hybridized carbons (Fsp3) is 0. The fourth-order valence-electron chi connectivity index (χ4n) is 10.1. The molecule has 0 saturated heterocycles. The van der Waals surface area contributed by atoms with Gasteiger partial charge in [-0.2, -0.15) is 0 Å². The van der Waals surface area contributed by atoms with Crippen LogP contribution in [0.25, 0.3) is 93.6 Å². The van der Waals surface area contributed by atoms with E-state index in [9.17, 15) is 0 Å². The normalized spacial score (nSPS) is 11.8. The largest absolute Gasteiger partial charge is 0.311 e. The standard InChI is InChI=1S/C60H40N4/c1-4-16-43(17-5-1)61(46-31-28-41(29-32-46)42-30-37-58-52(38-42)49-22-10-13-25-55(49)62(58)44-18-6-2-7-19-44)47-33-35-48(36-34-47)64-57-27-15-12-24-51(57)54-39-59-53(40-60(54)64)50-23-11-14-26-56(50)63(59)45-20-8-3-9-21-45/h1-40H. The van der Waals surface area contributed by atoms with Gasteiger partial charge in [0.25, 0.3) is 0 Å². The van der Waals surface area contributed by atoms with Crippen LogP contribution in [0.2, 0.25) is 0 Å². The van der Waals surface area contributed by atoms with E-state index in [0.717, 1.165) is 28.4 Å². The maximum absolute atomic E-state index is 2.43. The average Bonchev–Trinajstić information content (AvgIpc) is 4.00. The average molecular weight is 817 g/mol. The van der Waals surface area contributed by atoms with E-state index in [1.54, 1.807) is 0 Å². The number of hydrogen-bond donors (Lipinski definition) is 0. The highest BCUT2D eigenvalue weighted by atomic mass is 15.1. The van der Waals surface area contributed by atoms with Gasteiger partial charge in [0.2, 0.25) is 0 Å². The van der Waals surface area contributed by atoms with E-state index in [1.807, 2.05) is 0 Å². The number of aromatic nitrogens is 3. The SMILES string of the molecule is c1ccc(N(c2ccc(-c3ccc4c(c3)c3ccccc3n4-c3ccccc3)cc2)c2ccc(-n3c4ccccc4c4cc5c(cc43)c3ccccc3n5-c3ccccc3)cc2)cc1. The molecule has 3 heterocycles. The first-order chi connectivity index (χ1) is 31.8. The quantitative estimate of drug-likeness (QED) is 0.157. The third-order valence-electron chi connectivity index (χ3n) is 13.0. The van der Waals surface area contributed by atoms with Gasteiger partial charge in [0.15, 0.2) is 0 Å². The van der Waals surface area contributed by atoms with Crippen molar-refractivity contribution in [2.45, 2.75) is 0 Å².